The van der Waals surface area contributed by atoms with Crippen molar-refractivity contribution in [2.75, 3.05) is 0 Å². The average Bonchev–Trinajstić information content (AvgIpc) is 4.12. The highest BCUT2D eigenvalue weighted by Crippen LogP contribution is 2.59. The third kappa shape index (κ3) is 6.99. The molecule has 0 atom stereocenters. The maximum Gasteiger partial charge on any atom is 0.0713 e. The predicted octanol–water partition coefficient (Wildman–Crippen LogP) is 18.0. The van der Waals surface area contributed by atoms with Gasteiger partial charge in [0.25, 0.3) is 0 Å². The molecule has 0 saturated heterocycles. The van der Waals surface area contributed by atoms with E-state index in [0.29, 0.717) is 5.71 Å². The van der Waals surface area contributed by atoms with Crippen LogP contribution in [0.1, 0.15) is 57.0 Å². The molecule has 0 spiro atoms. The van der Waals surface area contributed by atoms with Crippen molar-refractivity contribution < 1.29 is 0 Å². The van der Waals surface area contributed by atoms with E-state index < -0.39 is 10.8 Å². The van der Waals surface area contributed by atoms with E-state index in [1.165, 1.54) is 73.0 Å². The largest absolute Gasteiger partial charge is 0.405 e. The Morgan fingerprint density at radius 2 is 0.789 bits per heavy atom. The van der Waals surface area contributed by atoms with E-state index in [4.69, 9.17) is 5.73 Å². The number of rotatable bonds is 11. The Balaban J connectivity index is 1.10. The maximum atomic E-state index is 9.64. The quantitative estimate of drug-likeness (QED) is 0.0757. The summed E-state index contributed by atoms with van der Waals surface area (Å²) in [6, 6.07) is 91.9. The summed E-state index contributed by atoms with van der Waals surface area (Å²) in [5.74, 6) is 0. The first kappa shape index (κ1) is 46.2. The maximum absolute atomic E-state index is 9.64. The minimum absolute atomic E-state index is 0.387. The first-order valence-corrected chi connectivity index (χ1v) is 26.2. The van der Waals surface area contributed by atoms with Crippen LogP contribution in [-0.4, -0.2) is 5.71 Å². The summed E-state index contributed by atoms with van der Waals surface area (Å²) < 4.78 is 0. The zero-order valence-corrected chi connectivity index (χ0v) is 42.3. The van der Waals surface area contributed by atoms with Gasteiger partial charge in [-0.15, -0.1) is 0 Å². The third-order valence-electron chi connectivity index (χ3n) is 16.2. The van der Waals surface area contributed by atoms with Crippen LogP contribution in [0.4, 0.5) is 0 Å². The smallest absolute Gasteiger partial charge is 0.0713 e. The predicted molar refractivity (Wildman–Crippen MR) is 319 cm³/mol. The van der Waals surface area contributed by atoms with Crippen molar-refractivity contribution in [2.24, 2.45) is 5.73 Å². The molecule has 360 valence electrons. The number of nitrogens with two attached hydrogens (primary N) is 1. The van der Waals surface area contributed by atoms with Gasteiger partial charge < -0.3 is 11.1 Å². The Hall–Kier alpha value is -9.63. The van der Waals surface area contributed by atoms with Gasteiger partial charge in [0.05, 0.1) is 16.5 Å². The molecule has 11 aromatic rings. The van der Waals surface area contributed by atoms with Gasteiger partial charge in [0.2, 0.25) is 0 Å². The summed E-state index contributed by atoms with van der Waals surface area (Å²) in [4.78, 5) is 0. The third-order valence-corrected chi connectivity index (χ3v) is 16.2. The van der Waals surface area contributed by atoms with Gasteiger partial charge in [0.1, 0.15) is 0 Å². The fraction of sp³-hybridized carbons (Fsp3) is 0.0405. The SMILES string of the molecule is C=C(/C=C\C(=N)c1ccc2c(-c3ccc4c(c3)C(c3ccccc3)(c3ccccc3)c3ccccc3-4)c3ccccc3c(-c3ccc4c(c3)C(c3ccccc3)(c3ccccc3)c3ccccc3-4)c2c1)C(/C=C\N)=C/C. The monoisotopic (exact) mass is 970 g/mol. The highest BCUT2D eigenvalue weighted by molar-refractivity contribution is 6.23. The number of benzene rings is 11. The molecule has 0 bridgehead atoms. The van der Waals surface area contributed by atoms with Crippen LogP contribution in [-0.2, 0) is 10.8 Å². The zero-order chi connectivity index (χ0) is 51.4. The van der Waals surface area contributed by atoms with Gasteiger partial charge in [-0.3, -0.25) is 0 Å². The van der Waals surface area contributed by atoms with Crippen LogP contribution >= 0.6 is 0 Å². The summed E-state index contributed by atoms with van der Waals surface area (Å²) in [6.45, 7) is 6.29. The minimum Gasteiger partial charge on any atom is -0.405 e. The topological polar surface area (TPSA) is 49.9 Å². The van der Waals surface area contributed by atoms with Crippen LogP contribution in [0.15, 0.2) is 297 Å². The molecule has 76 heavy (non-hydrogen) atoms. The molecule has 13 rings (SSSR count). The van der Waals surface area contributed by atoms with Crippen LogP contribution in [0.2, 0.25) is 0 Å². The van der Waals surface area contributed by atoms with E-state index in [2.05, 4.69) is 255 Å². The normalized spacial score (nSPS) is 13.9. The molecule has 2 aliphatic rings. The lowest BCUT2D eigenvalue weighted by atomic mass is 9.67. The fourth-order valence-corrected chi connectivity index (χ4v) is 13.0. The van der Waals surface area contributed by atoms with Gasteiger partial charge in [0.15, 0.2) is 0 Å². The number of hydrogen-bond donors (Lipinski definition) is 2. The Labute approximate surface area is 445 Å². The first-order valence-electron chi connectivity index (χ1n) is 26.2. The molecule has 0 radical (unpaired) electrons. The lowest BCUT2D eigenvalue weighted by molar-refractivity contribution is 0.769. The summed E-state index contributed by atoms with van der Waals surface area (Å²) in [6.07, 6.45) is 9.11. The molecule has 0 saturated carbocycles. The summed E-state index contributed by atoms with van der Waals surface area (Å²) in [7, 11) is 0. The molecule has 0 aliphatic heterocycles. The van der Waals surface area contributed by atoms with Crippen molar-refractivity contribution in [1.82, 2.24) is 0 Å². The number of allylic oxidation sites excluding steroid dienone is 6. The Morgan fingerprint density at radius 1 is 0.395 bits per heavy atom. The van der Waals surface area contributed by atoms with Crippen molar-refractivity contribution in [2.45, 2.75) is 17.8 Å². The van der Waals surface area contributed by atoms with Crippen LogP contribution < -0.4 is 5.73 Å². The second-order valence-electron chi connectivity index (χ2n) is 20.0. The Kier molecular flexibility index (Phi) is 11.4. The van der Waals surface area contributed by atoms with Crippen LogP contribution in [0.3, 0.4) is 0 Å². The minimum atomic E-state index is -0.576. The molecule has 2 aliphatic carbocycles. The van der Waals surface area contributed by atoms with E-state index in [1.807, 2.05) is 31.2 Å². The van der Waals surface area contributed by atoms with Crippen molar-refractivity contribution >= 4 is 27.3 Å². The number of hydrogen-bond acceptors (Lipinski definition) is 2. The number of nitrogens with one attached hydrogen (secondary N) is 1. The van der Waals surface area contributed by atoms with Crippen LogP contribution in [0.5, 0.6) is 0 Å². The van der Waals surface area contributed by atoms with E-state index in [0.717, 1.165) is 60.5 Å². The first-order chi connectivity index (χ1) is 37.5. The van der Waals surface area contributed by atoms with Gasteiger partial charge in [-0.1, -0.05) is 249 Å². The molecule has 0 unspecified atom stereocenters. The molecular formula is C74H54N2. The zero-order valence-electron chi connectivity index (χ0n) is 42.3. The molecule has 0 aromatic heterocycles. The molecule has 2 heteroatoms. The van der Waals surface area contributed by atoms with Crippen LogP contribution in [0, 0.1) is 5.41 Å². The van der Waals surface area contributed by atoms with Gasteiger partial charge in [-0.2, -0.15) is 0 Å². The lowest BCUT2D eigenvalue weighted by Gasteiger charge is -2.34. The number of fused-ring (bicyclic) bond motifs is 8. The fourth-order valence-electron chi connectivity index (χ4n) is 13.0. The second-order valence-corrected chi connectivity index (χ2v) is 20.0. The van der Waals surface area contributed by atoms with E-state index >= 15 is 0 Å². The molecule has 0 amide bonds. The highest BCUT2D eigenvalue weighted by Gasteiger charge is 2.47. The van der Waals surface area contributed by atoms with Gasteiger partial charge >= 0.3 is 0 Å². The molecule has 0 fully saturated rings. The molecule has 2 nitrogen and oxygen atoms in total. The van der Waals surface area contributed by atoms with Gasteiger partial charge in [-0.05, 0) is 165 Å². The molecule has 3 N–H and O–H groups in total. The summed E-state index contributed by atoms with van der Waals surface area (Å²) >= 11 is 0. The Morgan fingerprint density at radius 3 is 1.24 bits per heavy atom. The highest BCUT2D eigenvalue weighted by atomic mass is 14.5. The van der Waals surface area contributed by atoms with Crippen molar-refractivity contribution in [3.05, 3.63) is 347 Å². The van der Waals surface area contributed by atoms with E-state index in [9.17, 15) is 5.41 Å². The molecular weight excluding hydrogens is 917 g/mol. The van der Waals surface area contributed by atoms with E-state index in [-0.39, 0.29) is 0 Å². The van der Waals surface area contributed by atoms with Crippen molar-refractivity contribution in [3.8, 4) is 44.5 Å². The summed E-state index contributed by atoms with van der Waals surface area (Å²) in [5, 5.41) is 14.1. The van der Waals surface area contributed by atoms with Gasteiger partial charge in [-0.25, -0.2) is 0 Å². The van der Waals surface area contributed by atoms with E-state index in [1.54, 1.807) is 0 Å². The Bertz CT molecular complexity index is 4120. The standard InChI is InChI=1S/C74H54N2/c1-3-50(44-45-75)49(2)36-43-70(76)51-37-42-64-65(46-51)72(53-39-41-61-59-31-19-21-35-67(59)74(69(61)48-53,56-26-12-6-13-27-56)57-28-14-7-15-29-57)63-33-17-16-32-62(63)71(64)52-38-40-60-58-30-18-20-34-66(58)73(68(60)47-52,54-22-8-4-9-23-54)55-24-10-5-11-25-55/h3-48,76H,2,75H2,1H3/b43-36-,45-44-,50-3+,76-70?. The second kappa shape index (κ2) is 18.7. The van der Waals surface area contributed by atoms with Crippen LogP contribution in [0.25, 0.3) is 66.1 Å². The molecule has 11 aromatic carbocycles. The summed E-state index contributed by atoms with van der Waals surface area (Å²) in [5.41, 5.74) is 27.0. The van der Waals surface area contributed by atoms with Gasteiger partial charge in [0, 0.05) is 5.56 Å². The average molecular weight is 971 g/mol. The van der Waals surface area contributed by atoms with Crippen molar-refractivity contribution in [3.63, 3.8) is 0 Å². The molecule has 0 heterocycles. The van der Waals surface area contributed by atoms with Crippen molar-refractivity contribution in [1.29, 1.82) is 5.41 Å². The lowest BCUT2D eigenvalue weighted by Crippen LogP contribution is -2.28.